The fourth-order valence-corrected chi connectivity index (χ4v) is 2.48. The minimum atomic E-state index is -0.632. The van der Waals surface area contributed by atoms with Crippen molar-refractivity contribution in [3.63, 3.8) is 0 Å². The van der Waals surface area contributed by atoms with E-state index in [-0.39, 0.29) is 11.3 Å². The van der Waals surface area contributed by atoms with Crippen LogP contribution in [0.1, 0.15) is 32.1 Å². The number of hydrogen-bond donors (Lipinski definition) is 1. The van der Waals surface area contributed by atoms with Gasteiger partial charge in [-0.25, -0.2) is 9.79 Å². The van der Waals surface area contributed by atoms with Gasteiger partial charge in [0.05, 0.1) is 18.6 Å². The Hall–Kier alpha value is -1.80. The summed E-state index contributed by atoms with van der Waals surface area (Å²) in [6, 6.07) is 1.84. The average Bonchev–Trinajstić information content (AvgIpc) is 2.47. The van der Waals surface area contributed by atoms with E-state index >= 15 is 0 Å². The topological polar surface area (TPSA) is 74.5 Å². The van der Waals surface area contributed by atoms with Gasteiger partial charge >= 0.3 is 5.97 Å². The summed E-state index contributed by atoms with van der Waals surface area (Å²) in [6.07, 6.45) is 8.55. The maximum atomic E-state index is 12.0. The summed E-state index contributed by atoms with van der Waals surface area (Å²) in [6.45, 7) is 0.372. The third kappa shape index (κ3) is 3.84. The number of allylic oxidation sites excluding steroid dienone is 1. The van der Waals surface area contributed by atoms with Crippen molar-refractivity contribution in [1.29, 1.82) is 5.26 Å². The van der Waals surface area contributed by atoms with E-state index < -0.39 is 5.97 Å². The lowest BCUT2D eigenvalue weighted by Crippen LogP contribution is -2.19. The van der Waals surface area contributed by atoms with Crippen molar-refractivity contribution in [3.05, 3.63) is 22.5 Å². The minimum Gasteiger partial charge on any atom is -0.461 e. The zero-order valence-corrected chi connectivity index (χ0v) is 11.8. The SMILES string of the molecule is N#CC(C(=O)OCC1CCCCC1)=C1C=C(Cl)NC=N1. The van der Waals surface area contributed by atoms with E-state index in [1.165, 1.54) is 31.7 Å². The molecule has 6 heteroatoms. The highest BCUT2D eigenvalue weighted by Gasteiger charge is 2.20. The molecule has 1 saturated carbocycles. The molecule has 2 rings (SSSR count). The number of carbonyl (C=O) groups excluding carboxylic acids is 1. The first kappa shape index (κ1) is 14.6. The van der Waals surface area contributed by atoms with E-state index in [1.54, 1.807) is 0 Å². The van der Waals surface area contributed by atoms with Gasteiger partial charge in [0.2, 0.25) is 0 Å². The van der Waals surface area contributed by atoms with Crippen molar-refractivity contribution >= 4 is 23.9 Å². The van der Waals surface area contributed by atoms with Crippen LogP contribution in [0.2, 0.25) is 0 Å². The quantitative estimate of drug-likeness (QED) is 0.376. The van der Waals surface area contributed by atoms with E-state index in [2.05, 4.69) is 10.3 Å². The Kier molecular flexibility index (Phi) is 5.19. The minimum absolute atomic E-state index is 0.114. The van der Waals surface area contributed by atoms with Gasteiger partial charge in [0, 0.05) is 6.08 Å². The summed E-state index contributed by atoms with van der Waals surface area (Å²) in [7, 11) is 0. The van der Waals surface area contributed by atoms with Crippen LogP contribution in [0.25, 0.3) is 0 Å². The molecule has 0 aromatic rings. The van der Waals surface area contributed by atoms with Gasteiger partial charge in [-0.15, -0.1) is 0 Å². The number of ether oxygens (including phenoxy) is 1. The van der Waals surface area contributed by atoms with Crippen molar-refractivity contribution in [2.45, 2.75) is 32.1 Å². The lowest BCUT2D eigenvalue weighted by Gasteiger charge is -2.21. The Morgan fingerprint density at radius 3 is 2.90 bits per heavy atom. The van der Waals surface area contributed by atoms with E-state index in [0.29, 0.717) is 17.7 Å². The van der Waals surface area contributed by atoms with Crippen molar-refractivity contribution in [2.24, 2.45) is 10.9 Å². The molecule has 1 aliphatic carbocycles. The number of halogens is 1. The predicted octanol–water partition coefficient (Wildman–Crippen LogP) is 2.60. The van der Waals surface area contributed by atoms with Crippen LogP contribution in [0, 0.1) is 17.2 Å². The zero-order chi connectivity index (χ0) is 14.4. The van der Waals surface area contributed by atoms with E-state index in [1.807, 2.05) is 6.07 Å². The second-order valence-electron chi connectivity index (χ2n) is 4.87. The lowest BCUT2D eigenvalue weighted by atomic mass is 9.90. The first-order valence-corrected chi connectivity index (χ1v) is 7.06. The Labute approximate surface area is 123 Å². The number of carbonyl (C=O) groups is 1. The molecule has 1 heterocycles. The Morgan fingerprint density at radius 1 is 1.50 bits per heavy atom. The second-order valence-corrected chi connectivity index (χ2v) is 5.28. The molecule has 0 radical (unpaired) electrons. The van der Waals surface area contributed by atoms with Crippen molar-refractivity contribution in [1.82, 2.24) is 5.32 Å². The number of rotatable bonds is 3. The largest absolute Gasteiger partial charge is 0.461 e. The maximum absolute atomic E-state index is 12.0. The third-order valence-corrected chi connectivity index (χ3v) is 3.63. The van der Waals surface area contributed by atoms with Crippen LogP contribution in [0.4, 0.5) is 0 Å². The van der Waals surface area contributed by atoms with Gasteiger partial charge < -0.3 is 10.1 Å². The van der Waals surface area contributed by atoms with Gasteiger partial charge in [-0.3, -0.25) is 0 Å². The molecule has 0 saturated heterocycles. The van der Waals surface area contributed by atoms with Gasteiger partial charge in [0.15, 0.2) is 5.57 Å². The predicted molar refractivity (Wildman–Crippen MR) is 75.7 cm³/mol. The van der Waals surface area contributed by atoms with Crippen molar-refractivity contribution < 1.29 is 9.53 Å². The smallest absolute Gasteiger partial charge is 0.351 e. The highest BCUT2D eigenvalue weighted by molar-refractivity contribution is 6.30. The van der Waals surface area contributed by atoms with Crippen molar-refractivity contribution in [2.75, 3.05) is 6.61 Å². The highest BCUT2D eigenvalue weighted by Crippen LogP contribution is 2.24. The standard InChI is InChI=1S/C14H16ClN3O2/c15-13-6-12(17-9-18-13)11(7-16)14(19)20-8-10-4-2-1-3-5-10/h6,9-10H,1-5,8H2,(H,17,18). The molecular weight excluding hydrogens is 278 g/mol. The summed E-state index contributed by atoms with van der Waals surface area (Å²) in [5.74, 6) is -0.221. The Balaban J connectivity index is 1.99. The first-order chi connectivity index (χ1) is 9.70. The molecule has 106 valence electrons. The van der Waals surface area contributed by atoms with Gasteiger partial charge in [-0.2, -0.15) is 5.26 Å². The van der Waals surface area contributed by atoms with Gasteiger partial charge in [-0.1, -0.05) is 30.9 Å². The molecule has 0 aromatic carbocycles. The molecule has 0 amide bonds. The molecule has 2 aliphatic rings. The number of aliphatic imine (C=N–C) groups is 1. The van der Waals surface area contributed by atoms with Crippen LogP contribution in [0.15, 0.2) is 27.5 Å². The average molecular weight is 294 g/mol. The van der Waals surface area contributed by atoms with Crippen LogP contribution >= 0.6 is 11.6 Å². The summed E-state index contributed by atoms with van der Waals surface area (Å²) in [5.41, 5.74) is 0.113. The lowest BCUT2D eigenvalue weighted by molar-refractivity contribution is -0.140. The highest BCUT2D eigenvalue weighted by atomic mass is 35.5. The molecule has 0 unspecified atom stereocenters. The van der Waals surface area contributed by atoms with E-state index in [0.717, 1.165) is 12.8 Å². The van der Waals surface area contributed by atoms with Crippen molar-refractivity contribution in [3.8, 4) is 6.07 Å². The summed E-state index contributed by atoms with van der Waals surface area (Å²) in [5, 5.41) is 12.1. The second kappa shape index (κ2) is 7.11. The molecule has 20 heavy (non-hydrogen) atoms. The van der Waals surface area contributed by atoms with Crippen LogP contribution in [-0.4, -0.2) is 18.9 Å². The Bertz CT molecular complexity index is 511. The Morgan fingerprint density at radius 2 is 2.25 bits per heavy atom. The monoisotopic (exact) mass is 293 g/mol. The molecule has 1 aliphatic heterocycles. The number of hydrogen-bond acceptors (Lipinski definition) is 5. The fraction of sp³-hybridized carbons (Fsp3) is 0.500. The number of nitrogens with one attached hydrogen (secondary N) is 1. The van der Waals surface area contributed by atoms with E-state index in [9.17, 15) is 4.79 Å². The summed E-state index contributed by atoms with van der Waals surface area (Å²) < 4.78 is 5.24. The normalized spacial score (nSPS) is 21.5. The molecule has 0 bridgehead atoms. The number of nitrogens with zero attached hydrogens (tertiary/aromatic N) is 2. The van der Waals surface area contributed by atoms with Crippen LogP contribution < -0.4 is 5.32 Å². The van der Waals surface area contributed by atoms with Crippen LogP contribution in [-0.2, 0) is 9.53 Å². The summed E-state index contributed by atoms with van der Waals surface area (Å²) in [4.78, 5) is 15.9. The van der Waals surface area contributed by atoms with E-state index in [4.69, 9.17) is 21.6 Å². The molecule has 1 fully saturated rings. The fourth-order valence-electron chi connectivity index (χ4n) is 2.33. The molecule has 0 aromatic heterocycles. The molecule has 5 nitrogen and oxygen atoms in total. The molecular formula is C14H16ClN3O2. The first-order valence-electron chi connectivity index (χ1n) is 6.68. The molecule has 0 atom stereocenters. The van der Waals surface area contributed by atoms with Crippen LogP contribution in [0.3, 0.4) is 0 Å². The molecule has 0 spiro atoms. The number of esters is 1. The third-order valence-electron chi connectivity index (χ3n) is 3.42. The van der Waals surface area contributed by atoms with Crippen LogP contribution in [0.5, 0.6) is 0 Å². The number of nitriles is 1. The van der Waals surface area contributed by atoms with Gasteiger partial charge in [-0.05, 0) is 18.8 Å². The van der Waals surface area contributed by atoms with Gasteiger partial charge in [0.25, 0.3) is 0 Å². The van der Waals surface area contributed by atoms with Gasteiger partial charge in [0.1, 0.15) is 11.2 Å². The summed E-state index contributed by atoms with van der Waals surface area (Å²) >= 11 is 5.78. The zero-order valence-electron chi connectivity index (χ0n) is 11.1. The molecule has 1 N–H and O–H groups in total. The maximum Gasteiger partial charge on any atom is 0.351 e.